The Kier molecular flexibility index (Phi) is 4.03. The van der Waals surface area contributed by atoms with E-state index in [0.29, 0.717) is 0 Å². The molecular formula is C16H24N4. The number of hydrogen-bond donors (Lipinski definition) is 2. The Morgan fingerprint density at radius 3 is 2.95 bits per heavy atom. The molecule has 0 saturated carbocycles. The Morgan fingerprint density at radius 2 is 2.10 bits per heavy atom. The summed E-state index contributed by atoms with van der Waals surface area (Å²) in [6, 6.07) is 8.87. The molecule has 1 atom stereocenters. The van der Waals surface area contributed by atoms with Crippen LogP contribution in [0.3, 0.4) is 0 Å². The molecular weight excluding hydrogens is 248 g/mol. The topological polar surface area (TPSA) is 56.4 Å². The van der Waals surface area contributed by atoms with Crippen LogP contribution in [0.25, 0.3) is 0 Å². The number of fused-ring (bicyclic) bond motifs is 1. The van der Waals surface area contributed by atoms with Gasteiger partial charge in [-0.2, -0.15) is 0 Å². The molecule has 2 saturated heterocycles. The lowest BCUT2D eigenvalue weighted by molar-refractivity contribution is 0.215. The molecule has 0 amide bonds. The van der Waals surface area contributed by atoms with Crippen LogP contribution in [0.15, 0.2) is 24.3 Å². The van der Waals surface area contributed by atoms with Crippen molar-refractivity contribution in [1.82, 2.24) is 9.80 Å². The maximum Gasteiger partial charge on any atom is 0.122 e. The number of amidine groups is 1. The van der Waals surface area contributed by atoms with Gasteiger partial charge in [0.1, 0.15) is 5.84 Å². The zero-order valence-electron chi connectivity index (χ0n) is 12.0. The summed E-state index contributed by atoms with van der Waals surface area (Å²) in [6.07, 6.45) is 3.98. The molecule has 0 aromatic heterocycles. The molecule has 20 heavy (non-hydrogen) atoms. The van der Waals surface area contributed by atoms with Crippen LogP contribution in [-0.2, 0) is 6.54 Å². The fourth-order valence-electron chi connectivity index (χ4n) is 3.52. The van der Waals surface area contributed by atoms with E-state index in [-0.39, 0.29) is 5.84 Å². The molecule has 0 spiro atoms. The van der Waals surface area contributed by atoms with E-state index in [4.69, 9.17) is 11.1 Å². The van der Waals surface area contributed by atoms with Crippen molar-refractivity contribution in [3.8, 4) is 0 Å². The second-order valence-corrected chi connectivity index (χ2v) is 6.03. The lowest BCUT2D eigenvalue weighted by atomic mass is 10.1. The third kappa shape index (κ3) is 3.02. The summed E-state index contributed by atoms with van der Waals surface area (Å²) in [5, 5.41) is 7.54. The minimum Gasteiger partial charge on any atom is -0.384 e. The highest BCUT2D eigenvalue weighted by Crippen LogP contribution is 2.22. The maximum atomic E-state index is 7.54. The van der Waals surface area contributed by atoms with Gasteiger partial charge in [0.25, 0.3) is 0 Å². The van der Waals surface area contributed by atoms with Crippen LogP contribution >= 0.6 is 0 Å². The smallest absolute Gasteiger partial charge is 0.122 e. The largest absolute Gasteiger partial charge is 0.384 e. The Morgan fingerprint density at radius 1 is 1.25 bits per heavy atom. The van der Waals surface area contributed by atoms with E-state index >= 15 is 0 Å². The Hall–Kier alpha value is -1.39. The Labute approximate surface area is 121 Å². The van der Waals surface area contributed by atoms with E-state index in [1.54, 1.807) is 0 Å². The van der Waals surface area contributed by atoms with E-state index in [0.717, 1.165) is 18.2 Å². The van der Waals surface area contributed by atoms with Gasteiger partial charge in [0.2, 0.25) is 0 Å². The van der Waals surface area contributed by atoms with Crippen molar-refractivity contribution in [2.24, 2.45) is 5.73 Å². The van der Waals surface area contributed by atoms with E-state index < -0.39 is 0 Å². The zero-order valence-corrected chi connectivity index (χ0v) is 12.0. The third-order valence-corrected chi connectivity index (χ3v) is 4.53. The Balaban J connectivity index is 1.67. The van der Waals surface area contributed by atoms with Crippen molar-refractivity contribution in [3.05, 3.63) is 35.4 Å². The number of rotatable bonds is 3. The van der Waals surface area contributed by atoms with Gasteiger partial charge in [-0.3, -0.25) is 15.2 Å². The second kappa shape index (κ2) is 5.94. The lowest BCUT2D eigenvalue weighted by Crippen LogP contribution is -2.36. The molecule has 1 unspecified atom stereocenters. The first kappa shape index (κ1) is 13.6. The zero-order chi connectivity index (χ0) is 13.9. The first-order chi connectivity index (χ1) is 9.72. The molecule has 2 fully saturated rings. The summed E-state index contributed by atoms with van der Waals surface area (Å²) in [7, 11) is 0. The van der Waals surface area contributed by atoms with Crippen molar-refractivity contribution in [2.45, 2.75) is 31.8 Å². The molecule has 3 rings (SSSR count). The highest BCUT2D eigenvalue weighted by Gasteiger charge is 2.28. The molecule has 0 aliphatic carbocycles. The second-order valence-electron chi connectivity index (χ2n) is 6.03. The van der Waals surface area contributed by atoms with Crippen molar-refractivity contribution in [2.75, 3.05) is 26.2 Å². The monoisotopic (exact) mass is 272 g/mol. The highest BCUT2D eigenvalue weighted by molar-refractivity contribution is 5.95. The number of nitrogens with one attached hydrogen (secondary N) is 1. The molecule has 4 heteroatoms. The van der Waals surface area contributed by atoms with Crippen LogP contribution in [0.1, 0.15) is 30.4 Å². The van der Waals surface area contributed by atoms with Crippen molar-refractivity contribution < 1.29 is 0 Å². The molecule has 2 aliphatic rings. The summed E-state index contributed by atoms with van der Waals surface area (Å²) in [6.45, 7) is 5.89. The number of nitrogens with zero attached hydrogens (tertiary/aromatic N) is 2. The first-order valence-electron chi connectivity index (χ1n) is 7.62. The number of hydrogen-bond acceptors (Lipinski definition) is 3. The van der Waals surface area contributed by atoms with E-state index in [1.807, 2.05) is 12.1 Å². The SMILES string of the molecule is N=C(N)c1cccc(CN2CCCN3CCCC3C2)c1. The summed E-state index contributed by atoms with van der Waals surface area (Å²) in [5.74, 6) is 0.157. The fourth-order valence-corrected chi connectivity index (χ4v) is 3.52. The number of benzene rings is 1. The van der Waals surface area contributed by atoms with Crippen molar-refractivity contribution >= 4 is 5.84 Å². The first-order valence-corrected chi connectivity index (χ1v) is 7.62. The molecule has 2 aliphatic heterocycles. The molecule has 3 N–H and O–H groups in total. The Bertz CT molecular complexity index is 485. The summed E-state index contributed by atoms with van der Waals surface area (Å²) in [5.41, 5.74) is 7.67. The highest BCUT2D eigenvalue weighted by atomic mass is 15.3. The summed E-state index contributed by atoms with van der Waals surface area (Å²) < 4.78 is 0. The molecule has 4 nitrogen and oxygen atoms in total. The van der Waals surface area contributed by atoms with E-state index in [2.05, 4.69) is 21.9 Å². The van der Waals surface area contributed by atoms with Gasteiger partial charge in [0.05, 0.1) is 0 Å². The summed E-state index contributed by atoms with van der Waals surface area (Å²) in [4.78, 5) is 5.22. The quantitative estimate of drug-likeness (QED) is 0.649. The van der Waals surface area contributed by atoms with E-state index in [9.17, 15) is 0 Å². The predicted octanol–water partition coefficient (Wildman–Crippen LogP) is 1.64. The van der Waals surface area contributed by atoms with Crippen molar-refractivity contribution in [3.63, 3.8) is 0 Å². The van der Waals surface area contributed by atoms with Crippen LogP contribution in [0.4, 0.5) is 0 Å². The molecule has 2 heterocycles. The average molecular weight is 272 g/mol. The van der Waals surface area contributed by atoms with Gasteiger partial charge >= 0.3 is 0 Å². The maximum absolute atomic E-state index is 7.54. The van der Waals surface area contributed by atoms with Gasteiger partial charge in [-0.25, -0.2) is 0 Å². The van der Waals surface area contributed by atoms with Crippen LogP contribution in [0, 0.1) is 5.41 Å². The molecule has 0 bridgehead atoms. The van der Waals surface area contributed by atoms with Gasteiger partial charge in [-0.05, 0) is 50.5 Å². The normalized spacial score (nSPS) is 24.3. The minimum atomic E-state index is 0.157. The number of nitrogen functional groups attached to an aromatic ring is 1. The molecule has 108 valence electrons. The van der Waals surface area contributed by atoms with Crippen LogP contribution < -0.4 is 5.73 Å². The average Bonchev–Trinajstić information content (AvgIpc) is 2.78. The lowest BCUT2D eigenvalue weighted by Gasteiger charge is -2.25. The van der Waals surface area contributed by atoms with Crippen molar-refractivity contribution in [1.29, 1.82) is 5.41 Å². The van der Waals surface area contributed by atoms with Crippen LogP contribution in [-0.4, -0.2) is 47.9 Å². The van der Waals surface area contributed by atoms with Crippen LogP contribution in [0.2, 0.25) is 0 Å². The molecule has 0 radical (unpaired) electrons. The van der Waals surface area contributed by atoms with Gasteiger partial charge in [-0.15, -0.1) is 0 Å². The fraction of sp³-hybridized carbons (Fsp3) is 0.562. The number of nitrogens with two attached hydrogens (primary N) is 1. The van der Waals surface area contributed by atoms with Gasteiger partial charge in [-0.1, -0.05) is 18.2 Å². The predicted molar refractivity (Wildman–Crippen MR) is 81.9 cm³/mol. The molecule has 1 aromatic rings. The van der Waals surface area contributed by atoms with E-state index in [1.165, 1.54) is 51.0 Å². The standard InChI is InChI=1S/C16H24N4/c17-16(18)14-5-1-4-13(10-14)11-19-7-3-9-20-8-2-6-15(20)12-19/h1,4-5,10,15H,2-3,6-9,11-12H2,(H3,17,18). The molecule has 1 aromatic carbocycles. The van der Waals surface area contributed by atoms with Gasteiger partial charge < -0.3 is 5.73 Å². The third-order valence-electron chi connectivity index (χ3n) is 4.53. The van der Waals surface area contributed by atoms with Gasteiger partial charge in [0, 0.05) is 24.7 Å². The van der Waals surface area contributed by atoms with Gasteiger partial charge in [0.15, 0.2) is 0 Å². The summed E-state index contributed by atoms with van der Waals surface area (Å²) >= 11 is 0. The van der Waals surface area contributed by atoms with Crippen LogP contribution in [0.5, 0.6) is 0 Å². The minimum absolute atomic E-state index is 0.157.